The molecule has 1 saturated heterocycles. The second-order valence-corrected chi connectivity index (χ2v) is 17.0. The molecule has 5 heterocycles. The van der Waals surface area contributed by atoms with Gasteiger partial charge in [-0.3, -0.25) is 24.1 Å². The number of fused-ring (bicyclic) bond motifs is 2. The van der Waals surface area contributed by atoms with Gasteiger partial charge in [0.15, 0.2) is 0 Å². The Labute approximate surface area is 366 Å². The Morgan fingerprint density at radius 3 is 2.21 bits per heavy atom. The maximum Gasteiger partial charge on any atom is 0.264 e. The number of benzene rings is 4. The van der Waals surface area contributed by atoms with E-state index in [0.717, 1.165) is 22.4 Å². The molecule has 318 valence electrons. The van der Waals surface area contributed by atoms with Crippen molar-refractivity contribution >= 4 is 40.7 Å². The summed E-state index contributed by atoms with van der Waals surface area (Å²) in [4.78, 5) is 64.8. The Morgan fingerprint density at radius 2 is 1.49 bits per heavy atom. The molecule has 3 aliphatic heterocycles. The molecule has 2 aromatic heterocycles. The maximum absolute atomic E-state index is 15.1. The summed E-state index contributed by atoms with van der Waals surface area (Å²) in [5.41, 5.74) is 9.98. The summed E-state index contributed by atoms with van der Waals surface area (Å²) in [6, 6.07) is 33.6. The first kappa shape index (κ1) is 41.0. The van der Waals surface area contributed by atoms with Gasteiger partial charge in [0.25, 0.3) is 11.8 Å². The van der Waals surface area contributed by atoms with Gasteiger partial charge in [0, 0.05) is 85.9 Å². The number of para-hydroxylation sites is 1. The van der Waals surface area contributed by atoms with Gasteiger partial charge in [-0.2, -0.15) is 5.26 Å². The third kappa shape index (κ3) is 7.13. The van der Waals surface area contributed by atoms with Crippen LogP contribution in [-0.4, -0.2) is 66.8 Å². The molecule has 12 heteroatoms. The van der Waals surface area contributed by atoms with Crippen LogP contribution in [0.1, 0.15) is 73.4 Å². The number of hydrogen-bond donors (Lipinski definition) is 1. The smallest absolute Gasteiger partial charge is 0.264 e. The van der Waals surface area contributed by atoms with Crippen LogP contribution in [0.15, 0.2) is 103 Å². The van der Waals surface area contributed by atoms with Crippen LogP contribution < -0.4 is 9.80 Å². The van der Waals surface area contributed by atoms with E-state index in [-0.39, 0.29) is 42.0 Å². The third-order valence-corrected chi connectivity index (χ3v) is 13.4. The fourth-order valence-corrected chi connectivity index (χ4v) is 9.56. The molecule has 2 atom stereocenters. The molecule has 3 aliphatic rings. The van der Waals surface area contributed by atoms with Crippen LogP contribution in [0.25, 0.3) is 11.3 Å². The second kappa shape index (κ2) is 16.1. The van der Waals surface area contributed by atoms with Crippen LogP contribution >= 0.6 is 0 Å². The monoisotopic (exact) mass is 839 g/mol. The van der Waals surface area contributed by atoms with E-state index < -0.39 is 5.92 Å². The van der Waals surface area contributed by atoms with Gasteiger partial charge >= 0.3 is 0 Å². The first-order valence-electron chi connectivity index (χ1n) is 21.4. The fourth-order valence-electron chi connectivity index (χ4n) is 9.56. The van der Waals surface area contributed by atoms with Crippen LogP contribution in [0.3, 0.4) is 0 Å². The molecule has 0 spiro atoms. The minimum Gasteiger partial charge on any atom is -0.508 e. The number of anilines is 3. The van der Waals surface area contributed by atoms with Crippen LogP contribution in [0, 0.1) is 31.1 Å². The Hall–Kier alpha value is -7.39. The van der Waals surface area contributed by atoms with Crippen molar-refractivity contribution in [3.05, 3.63) is 154 Å². The lowest BCUT2D eigenvalue weighted by atomic mass is 9.89. The molecule has 6 aromatic rings. The molecule has 63 heavy (non-hydrogen) atoms. The molecule has 1 fully saturated rings. The summed E-state index contributed by atoms with van der Waals surface area (Å²) in [6.07, 6.45) is 1.67. The molecule has 9 rings (SSSR count). The van der Waals surface area contributed by atoms with E-state index in [1.807, 2.05) is 91.0 Å². The zero-order chi connectivity index (χ0) is 44.3. The molecule has 1 N–H and O–H groups in total. The van der Waals surface area contributed by atoms with E-state index in [1.165, 1.54) is 17.7 Å². The van der Waals surface area contributed by atoms with Gasteiger partial charge in [0.2, 0.25) is 11.8 Å². The van der Waals surface area contributed by atoms with Gasteiger partial charge < -0.3 is 28.9 Å². The van der Waals surface area contributed by atoms with Gasteiger partial charge in [-0.1, -0.05) is 42.5 Å². The largest absolute Gasteiger partial charge is 0.508 e. The fraction of sp³-hybridized carbons (Fsp3) is 0.275. The number of phenolic OH excluding ortho intramolecular Hbond substituents is 1. The highest BCUT2D eigenvalue weighted by atomic mass is 16.3. The van der Waals surface area contributed by atoms with E-state index >= 15 is 9.59 Å². The normalized spacial score (nSPS) is 17.0. The lowest BCUT2D eigenvalue weighted by Crippen LogP contribution is -2.43. The molecule has 0 saturated carbocycles. The van der Waals surface area contributed by atoms with Crippen LogP contribution in [0.2, 0.25) is 0 Å². The number of aromatic hydroxyl groups is 1. The molecular weight excluding hydrogens is 791 g/mol. The number of aromatic nitrogens is 2. The number of amides is 4. The number of carbonyl (C=O) groups is 4. The van der Waals surface area contributed by atoms with E-state index in [2.05, 4.69) is 25.1 Å². The summed E-state index contributed by atoms with van der Waals surface area (Å²) < 4.78 is 3.68. The predicted octanol–water partition coefficient (Wildman–Crippen LogP) is 7.73. The van der Waals surface area contributed by atoms with Gasteiger partial charge in [0.05, 0.1) is 11.3 Å². The molecule has 12 nitrogen and oxygen atoms in total. The topological polar surface area (TPSA) is 135 Å². The van der Waals surface area contributed by atoms with Gasteiger partial charge in [-0.15, -0.1) is 0 Å². The zero-order valence-corrected chi connectivity index (χ0v) is 36.1. The second-order valence-electron chi connectivity index (χ2n) is 17.0. The SMILES string of the molecule is Cc1c(N(C(=O)c2cc(-c3cc4c(cc3C(=O)N3Cc5ccccc5C[C@H]3C)CN(C(=O)[C@H]3CCN(c5ccccc5)C3=O)CC4)n(C)c2C)c2ccc(O)cc2)cc(C#N)n1C. The number of nitrogens with zero attached hydrogens (tertiary/aromatic N) is 7. The number of carbonyl (C=O) groups excluding carboxylic acids is 4. The van der Waals surface area contributed by atoms with E-state index in [9.17, 15) is 20.0 Å². The number of nitriles is 1. The molecule has 0 bridgehead atoms. The average molecular weight is 840 g/mol. The Morgan fingerprint density at radius 1 is 0.778 bits per heavy atom. The molecule has 0 aliphatic carbocycles. The molecule has 4 amide bonds. The van der Waals surface area contributed by atoms with E-state index in [0.29, 0.717) is 89.7 Å². The van der Waals surface area contributed by atoms with Crippen molar-refractivity contribution in [2.75, 3.05) is 22.9 Å². The lowest BCUT2D eigenvalue weighted by Gasteiger charge is -2.36. The molecule has 0 unspecified atom stereocenters. The standard InChI is InChI=1S/C51H49N7O5/c1-31-23-34-11-9-10-12-36(34)30-57(31)50(62)45-25-37-29-55(48(60)42-20-22-56(49(42)61)38-13-7-6-8-14-38)21-19-35(37)24-44(45)47-27-43(32(2)54(47)5)51(63)58(39-15-17-41(59)18-16-39)46-26-40(28-52)53(4)33(46)3/h6-18,24-27,31,42,59H,19-23,29-30H2,1-5H3/t31-,42-/m1/s1. The summed E-state index contributed by atoms with van der Waals surface area (Å²) in [5.74, 6) is -1.59. The Bertz CT molecular complexity index is 2870. The van der Waals surface area contributed by atoms with Crippen LogP contribution in [-0.2, 0) is 49.6 Å². The van der Waals surface area contributed by atoms with Crippen LogP contribution in [0.4, 0.5) is 17.1 Å². The number of hydrogen-bond acceptors (Lipinski definition) is 6. The minimum absolute atomic E-state index is 0.0529. The first-order chi connectivity index (χ1) is 30.3. The summed E-state index contributed by atoms with van der Waals surface area (Å²) in [6.45, 7) is 7.40. The maximum atomic E-state index is 15.1. The van der Waals surface area contributed by atoms with Gasteiger partial charge in [-0.25, -0.2) is 0 Å². The Balaban J connectivity index is 1.11. The minimum atomic E-state index is -0.768. The predicted molar refractivity (Wildman–Crippen MR) is 241 cm³/mol. The van der Waals surface area contributed by atoms with Gasteiger partial charge in [-0.05, 0) is 123 Å². The van der Waals surface area contributed by atoms with Crippen molar-refractivity contribution in [1.82, 2.24) is 18.9 Å². The van der Waals surface area contributed by atoms with E-state index in [1.54, 1.807) is 44.5 Å². The highest BCUT2D eigenvalue weighted by Gasteiger charge is 2.41. The van der Waals surface area contributed by atoms with Crippen molar-refractivity contribution in [2.24, 2.45) is 20.0 Å². The summed E-state index contributed by atoms with van der Waals surface area (Å²) >= 11 is 0. The first-order valence-corrected chi connectivity index (χ1v) is 21.4. The highest BCUT2D eigenvalue weighted by Crippen LogP contribution is 2.39. The van der Waals surface area contributed by atoms with Crippen molar-refractivity contribution < 1.29 is 24.3 Å². The van der Waals surface area contributed by atoms with Crippen molar-refractivity contribution in [2.45, 2.75) is 59.2 Å². The van der Waals surface area contributed by atoms with E-state index in [4.69, 9.17) is 0 Å². The number of rotatable bonds is 7. The Kier molecular flexibility index (Phi) is 10.5. The van der Waals surface area contributed by atoms with Gasteiger partial charge in [0.1, 0.15) is 23.4 Å². The highest BCUT2D eigenvalue weighted by molar-refractivity contribution is 6.13. The van der Waals surface area contributed by atoms with Crippen molar-refractivity contribution in [1.29, 1.82) is 5.26 Å². The van der Waals surface area contributed by atoms with Crippen molar-refractivity contribution in [3.63, 3.8) is 0 Å². The average Bonchev–Trinajstić information content (AvgIpc) is 3.93. The quantitative estimate of drug-likeness (QED) is 0.164. The number of phenols is 1. The summed E-state index contributed by atoms with van der Waals surface area (Å²) in [7, 11) is 3.67. The third-order valence-electron chi connectivity index (χ3n) is 13.4. The molecule has 4 aromatic carbocycles. The van der Waals surface area contributed by atoms with Crippen molar-refractivity contribution in [3.8, 4) is 23.1 Å². The molecule has 0 radical (unpaired) electrons. The molecular formula is C51H49N7O5. The van der Waals surface area contributed by atoms with Crippen LogP contribution in [0.5, 0.6) is 5.75 Å². The lowest BCUT2D eigenvalue weighted by molar-refractivity contribution is -0.140. The summed E-state index contributed by atoms with van der Waals surface area (Å²) in [5, 5.41) is 20.1. The zero-order valence-electron chi connectivity index (χ0n) is 36.1.